The fourth-order valence-corrected chi connectivity index (χ4v) is 3.45. The highest BCUT2D eigenvalue weighted by Crippen LogP contribution is 2.24. The van der Waals surface area contributed by atoms with Gasteiger partial charge in [0, 0.05) is 19.3 Å². The minimum absolute atomic E-state index is 0.533. The highest BCUT2D eigenvalue weighted by molar-refractivity contribution is 6.30. The molecule has 3 aromatic rings. The molecule has 3 aromatic heterocycles. The number of anilines is 1. The first-order valence-corrected chi connectivity index (χ1v) is 8.64. The minimum atomic E-state index is 0.533. The Hall–Kier alpha value is -2.11. The Balaban J connectivity index is 1.70. The summed E-state index contributed by atoms with van der Waals surface area (Å²) in [5.74, 6) is 0.997. The number of hydrogen-bond donors (Lipinski definition) is 1. The van der Waals surface area contributed by atoms with Gasteiger partial charge in [-0.25, -0.2) is 9.97 Å². The Labute approximate surface area is 146 Å². The molecule has 0 amide bonds. The van der Waals surface area contributed by atoms with Crippen LogP contribution in [-0.4, -0.2) is 40.5 Å². The molecule has 0 atom stereocenters. The van der Waals surface area contributed by atoms with E-state index in [1.54, 1.807) is 0 Å². The standard InChI is InChI=1S/C18H20ClN5/c1-23(14-7-9-20-10-8-14)18-4-2-3-15(22-18)16-11-21-17-6-5-13(19)12-24(16)17/h2-6,11-12,14,20H,7-10H2,1H3. The second kappa shape index (κ2) is 6.42. The Morgan fingerprint density at radius 1 is 1.21 bits per heavy atom. The molecule has 0 saturated carbocycles. The smallest absolute Gasteiger partial charge is 0.137 e. The summed E-state index contributed by atoms with van der Waals surface area (Å²) >= 11 is 6.14. The van der Waals surface area contributed by atoms with E-state index < -0.39 is 0 Å². The summed E-state index contributed by atoms with van der Waals surface area (Å²) in [5.41, 5.74) is 2.73. The maximum Gasteiger partial charge on any atom is 0.137 e. The van der Waals surface area contributed by atoms with Gasteiger partial charge in [0.2, 0.25) is 0 Å². The Bertz CT molecular complexity index is 853. The monoisotopic (exact) mass is 341 g/mol. The minimum Gasteiger partial charge on any atom is -0.357 e. The van der Waals surface area contributed by atoms with Crippen molar-refractivity contribution >= 4 is 23.1 Å². The lowest BCUT2D eigenvalue weighted by molar-refractivity contribution is 0.442. The first kappa shape index (κ1) is 15.4. The second-order valence-corrected chi connectivity index (χ2v) is 6.63. The average molecular weight is 342 g/mol. The predicted octanol–water partition coefficient (Wildman–Crippen LogP) is 3.24. The summed E-state index contributed by atoms with van der Waals surface area (Å²) in [6.45, 7) is 2.14. The van der Waals surface area contributed by atoms with E-state index in [9.17, 15) is 0 Å². The van der Waals surface area contributed by atoms with Gasteiger partial charge in [-0.1, -0.05) is 17.7 Å². The van der Waals surface area contributed by atoms with Gasteiger partial charge in [-0.3, -0.25) is 4.40 Å². The van der Waals surface area contributed by atoms with Crippen LogP contribution in [0.15, 0.2) is 42.7 Å². The molecule has 0 radical (unpaired) electrons. The van der Waals surface area contributed by atoms with Gasteiger partial charge in [0.15, 0.2) is 0 Å². The summed E-state index contributed by atoms with van der Waals surface area (Å²) in [6.07, 6.45) is 6.02. The molecule has 24 heavy (non-hydrogen) atoms. The molecule has 1 fully saturated rings. The van der Waals surface area contributed by atoms with Gasteiger partial charge < -0.3 is 10.2 Å². The number of fused-ring (bicyclic) bond motifs is 1. The Morgan fingerprint density at radius 3 is 2.88 bits per heavy atom. The van der Waals surface area contributed by atoms with Crippen molar-refractivity contribution in [3.05, 3.63) is 47.7 Å². The number of rotatable bonds is 3. The van der Waals surface area contributed by atoms with E-state index in [0.29, 0.717) is 11.1 Å². The zero-order chi connectivity index (χ0) is 16.5. The van der Waals surface area contributed by atoms with E-state index in [1.165, 1.54) is 0 Å². The van der Waals surface area contributed by atoms with Crippen molar-refractivity contribution in [3.63, 3.8) is 0 Å². The van der Waals surface area contributed by atoms with E-state index in [0.717, 1.165) is 48.8 Å². The molecule has 6 heteroatoms. The first-order valence-electron chi connectivity index (χ1n) is 8.26. The number of halogens is 1. The molecule has 1 N–H and O–H groups in total. The lowest BCUT2D eigenvalue weighted by atomic mass is 10.1. The Kier molecular flexibility index (Phi) is 4.12. The molecule has 0 aromatic carbocycles. The number of pyridine rings is 2. The van der Waals surface area contributed by atoms with Crippen molar-refractivity contribution in [3.8, 4) is 11.4 Å². The maximum absolute atomic E-state index is 6.14. The SMILES string of the molecule is CN(c1cccc(-c2cnc3ccc(Cl)cn23)n1)C1CCNCC1. The van der Waals surface area contributed by atoms with Crippen molar-refractivity contribution in [2.75, 3.05) is 25.0 Å². The van der Waals surface area contributed by atoms with Crippen LogP contribution in [0.3, 0.4) is 0 Å². The molecule has 1 aliphatic heterocycles. The number of nitrogens with zero attached hydrogens (tertiary/aromatic N) is 4. The highest BCUT2D eigenvalue weighted by atomic mass is 35.5. The van der Waals surface area contributed by atoms with Gasteiger partial charge in [0.1, 0.15) is 11.5 Å². The van der Waals surface area contributed by atoms with Gasteiger partial charge in [-0.15, -0.1) is 0 Å². The third-order valence-corrected chi connectivity index (χ3v) is 4.91. The predicted molar refractivity (Wildman–Crippen MR) is 97.7 cm³/mol. The van der Waals surface area contributed by atoms with E-state index >= 15 is 0 Å². The van der Waals surface area contributed by atoms with Crippen molar-refractivity contribution in [2.45, 2.75) is 18.9 Å². The number of piperidine rings is 1. The summed E-state index contributed by atoms with van der Waals surface area (Å²) in [4.78, 5) is 11.6. The van der Waals surface area contributed by atoms with Gasteiger partial charge in [0.05, 0.1) is 22.6 Å². The van der Waals surface area contributed by atoms with Gasteiger partial charge in [-0.2, -0.15) is 0 Å². The molecule has 1 saturated heterocycles. The summed E-state index contributed by atoms with van der Waals surface area (Å²) in [7, 11) is 2.13. The number of nitrogens with one attached hydrogen (secondary N) is 1. The molecule has 124 valence electrons. The van der Waals surface area contributed by atoms with E-state index in [2.05, 4.69) is 34.4 Å². The largest absolute Gasteiger partial charge is 0.357 e. The van der Waals surface area contributed by atoms with Crippen LogP contribution >= 0.6 is 11.6 Å². The van der Waals surface area contributed by atoms with Crippen LogP contribution in [0, 0.1) is 0 Å². The molecule has 1 aliphatic rings. The van der Waals surface area contributed by atoms with Gasteiger partial charge >= 0.3 is 0 Å². The average Bonchev–Trinajstić information content (AvgIpc) is 3.05. The molecular formula is C18H20ClN5. The fraction of sp³-hybridized carbons (Fsp3) is 0.333. The molecule has 0 unspecified atom stereocenters. The third-order valence-electron chi connectivity index (χ3n) is 4.68. The summed E-state index contributed by atoms with van der Waals surface area (Å²) < 4.78 is 1.99. The van der Waals surface area contributed by atoms with Crippen LogP contribution in [-0.2, 0) is 0 Å². The second-order valence-electron chi connectivity index (χ2n) is 6.19. The quantitative estimate of drug-likeness (QED) is 0.794. The first-order chi connectivity index (χ1) is 11.7. The Morgan fingerprint density at radius 2 is 2.04 bits per heavy atom. The zero-order valence-corrected chi connectivity index (χ0v) is 14.4. The summed E-state index contributed by atoms with van der Waals surface area (Å²) in [6, 6.07) is 10.4. The van der Waals surface area contributed by atoms with Gasteiger partial charge in [-0.05, 0) is 50.2 Å². The number of aromatic nitrogens is 3. The zero-order valence-electron chi connectivity index (χ0n) is 13.6. The van der Waals surface area contributed by atoms with Gasteiger partial charge in [0.25, 0.3) is 0 Å². The van der Waals surface area contributed by atoms with Crippen LogP contribution in [0.5, 0.6) is 0 Å². The van der Waals surface area contributed by atoms with Crippen LogP contribution in [0.25, 0.3) is 17.0 Å². The topological polar surface area (TPSA) is 45.5 Å². The van der Waals surface area contributed by atoms with Crippen LogP contribution < -0.4 is 10.2 Å². The summed E-state index contributed by atoms with van der Waals surface area (Å²) in [5, 5.41) is 4.09. The lowest BCUT2D eigenvalue weighted by Crippen LogP contribution is -2.41. The molecule has 4 rings (SSSR count). The molecule has 0 bridgehead atoms. The molecule has 4 heterocycles. The third kappa shape index (κ3) is 2.85. The van der Waals surface area contributed by atoms with E-state index in [-0.39, 0.29) is 0 Å². The molecule has 0 spiro atoms. The number of imidazole rings is 1. The fourth-order valence-electron chi connectivity index (χ4n) is 3.29. The molecular weight excluding hydrogens is 322 g/mol. The lowest BCUT2D eigenvalue weighted by Gasteiger charge is -2.32. The number of hydrogen-bond acceptors (Lipinski definition) is 4. The molecule has 5 nitrogen and oxygen atoms in total. The molecule has 0 aliphatic carbocycles. The highest BCUT2D eigenvalue weighted by Gasteiger charge is 2.19. The van der Waals surface area contributed by atoms with Crippen LogP contribution in [0.2, 0.25) is 5.02 Å². The van der Waals surface area contributed by atoms with E-state index in [4.69, 9.17) is 16.6 Å². The van der Waals surface area contributed by atoms with E-state index in [1.807, 2.05) is 35.0 Å². The van der Waals surface area contributed by atoms with Crippen molar-refractivity contribution in [1.82, 2.24) is 19.7 Å². The van der Waals surface area contributed by atoms with Crippen molar-refractivity contribution < 1.29 is 0 Å². The normalized spacial score (nSPS) is 15.8. The van der Waals surface area contributed by atoms with Crippen molar-refractivity contribution in [1.29, 1.82) is 0 Å². The van der Waals surface area contributed by atoms with Crippen LogP contribution in [0.4, 0.5) is 5.82 Å². The maximum atomic E-state index is 6.14. The van der Waals surface area contributed by atoms with Crippen molar-refractivity contribution in [2.24, 2.45) is 0 Å². The van der Waals surface area contributed by atoms with Crippen LogP contribution in [0.1, 0.15) is 12.8 Å².